The van der Waals surface area contributed by atoms with Gasteiger partial charge in [-0.15, -0.1) is 11.3 Å². The number of anilines is 3. The summed E-state index contributed by atoms with van der Waals surface area (Å²) in [6.07, 6.45) is 0. The number of carbonyl (C=O) groups is 3. The summed E-state index contributed by atoms with van der Waals surface area (Å²) in [4.78, 5) is 39.9. The maximum absolute atomic E-state index is 13.4. The maximum atomic E-state index is 13.4. The van der Waals surface area contributed by atoms with Gasteiger partial charge in [0, 0.05) is 29.2 Å². The van der Waals surface area contributed by atoms with Gasteiger partial charge in [0.25, 0.3) is 11.8 Å². The highest BCUT2D eigenvalue weighted by molar-refractivity contribution is 7.11. The van der Waals surface area contributed by atoms with Gasteiger partial charge in [0.15, 0.2) is 0 Å². The first-order chi connectivity index (χ1) is 15.5. The van der Waals surface area contributed by atoms with Crippen molar-refractivity contribution in [1.29, 1.82) is 0 Å². The Morgan fingerprint density at radius 1 is 1.00 bits per heavy atom. The molecule has 0 radical (unpaired) electrons. The second-order valence-electron chi connectivity index (χ2n) is 6.99. The van der Waals surface area contributed by atoms with Crippen molar-refractivity contribution in [2.75, 3.05) is 22.1 Å². The molecule has 0 fully saturated rings. The number of imide groups is 1. The molecule has 2 N–H and O–H groups in total. The van der Waals surface area contributed by atoms with Crippen LogP contribution in [0, 0.1) is 0 Å². The third-order valence-electron chi connectivity index (χ3n) is 4.71. The molecule has 3 aromatic rings. The standard InChI is InChI=1S/C24H21N3O4S/c1-3-31-19-7-4-6-18(14-19)27-23(29)21(20-8-5-13-32-20)22(24(27)30)26-17-11-9-16(10-12-17)25-15(2)28/h4-14,26H,3H2,1-2H3,(H,25,28). The average Bonchev–Trinajstić information content (AvgIpc) is 3.36. The number of benzene rings is 2. The molecule has 4 rings (SSSR count). The number of hydrogen-bond acceptors (Lipinski definition) is 6. The molecule has 0 unspecified atom stereocenters. The Bertz CT molecular complexity index is 1200. The van der Waals surface area contributed by atoms with Crippen LogP contribution in [0.5, 0.6) is 5.75 Å². The smallest absolute Gasteiger partial charge is 0.282 e. The first-order valence-electron chi connectivity index (χ1n) is 10.0. The van der Waals surface area contributed by atoms with E-state index in [0.29, 0.717) is 39.9 Å². The summed E-state index contributed by atoms with van der Waals surface area (Å²) in [5.74, 6) is -0.436. The second kappa shape index (κ2) is 9.07. The van der Waals surface area contributed by atoms with Crippen LogP contribution in [0.25, 0.3) is 5.57 Å². The molecular weight excluding hydrogens is 426 g/mol. The Hall–Kier alpha value is -3.91. The van der Waals surface area contributed by atoms with Gasteiger partial charge >= 0.3 is 0 Å². The number of nitrogens with zero attached hydrogens (tertiary/aromatic N) is 1. The molecule has 0 spiro atoms. The van der Waals surface area contributed by atoms with Gasteiger partial charge in [0.05, 0.1) is 17.9 Å². The summed E-state index contributed by atoms with van der Waals surface area (Å²) >= 11 is 1.39. The van der Waals surface area contributed by atoms with Crippen LogP contribution in [0.1, 0.15) is 18.7 Å². The first kappa shape index (κ1) is 21.3. The quantitative estimate of drug-likeness (QED) is 0.521. The molecule has 7 nitrogen and oxygen atoms in total. The first-order valence-corrected chi connectivity index (χ1v) is 10.9. The zero-order chi connectivity index (χ0) is 22.7. The maximum Gasteiger partial charge on any atom is 0.282 e. The molecule has 1 aromatic heterocycles. The molecule has 0 aliphatic carbocycles. The predicted molar refractivity (Wildman–Crippen MR) is 126 cm³/mol. The van der Waals surface area contributed by atoms with E-state index in [4.69, 9.17) is 4.74 Å². The highest BCUT2D eigenvalue weighted by Crippen LogP contribution is 2.36. The molecule has 8 heteroatoms. The number of carbonyl (C=O) groups excluding carboxylic acids is 3. The number of rotatable bonds is 7. The lowest BCUT2D eigenvalue weighted by atomic mass is 10.2. The van der Waals surface area contributed by atoms with Gasteiger partial charge in [-0.1, -0.05) is 12.1 Å². The zero-order valence-corrected chi connectivity index (χ0v) is 18.4. The number of ether oxygens (including phenoxy) is 1. The minimum atomic E-state index is -0.446. The van der Waals surface area contributed by atoms with Crippen molar-refractivity contribution in [2.24, 2.45) is 0 Å². The summed E-state index contributed by atoms with van der Waals surface area (Å²) in [5, 5.41) is 7.67. The van der Waals surface area contributed by atoms with Gasteiger partial charge in [-0.25, -0.2) is 4.90 Å². The third-order valence-corrected chi connectivity index (χ3v) is 5.60. The topological polar surface area (TPSA) is 87.7 Å². The van der Waals surface area contributed by atoms with E-state index in [9.17, 15) is 14.4 Å². The minimum Gasteiger partial charge on any atom is -0.494 e. The lowest BCUT2D eigenvalue weighted by molar-refractivity contribution is -0.120. The van der Waals surface area contributed by atoms with Crippen molar-refractivity contribution < 1.29 is 19.1 Å². The highest BCUT2D eigenvalue weighted by atomic mass is 32.1. The van der Waals surface area contributed by atoms with Gasteiger partial charge in [-0.3, -0.25) is 14.4 Å². The molecule has 0 saturated heterocycles. The van der Waals surface area contributed by atoms with Crippen LogP contribution in [0.4, 0.5) is 17.1 Å². The van der Waals surface area contributed by atoms with Crippen LogP contribution >= 0.6 is 11.3 Å². The molecule has 1 aliphatic heterocycles. The Morgan fingerprint density at radius 3 is 2.41 bits per heavy atom. The van der Waals surface area contributed by atoms with E-state index in [1.807, 2.05) is 24.4 Å². The van der Waals surface area contributed by atoms with Crippen LogP contribution in [0.15, 0.2) is 71.7 Å². The molecule has 0 bridgehead atoms. The van der Waals surface area contributed by atoms with Crippen molar-refractivity contribution in [3.05, 3.63) is 76.6 Å². The molecular formula is C24H21N3O4S. The van der Waals surface area contributed by atoms with Crippen LogP contribution in [0.2, 0.25) is 0 Å². The Balaban J connectivity index is 1.69. The Morgan fingerprint density at radius 2 is 1.75 bits per heavy atom. The molecule has 0 saturated carbocycles. The van der Waals surface area contributed by atoms with Crippen molar-refractivity contribution >= 4 is 51.7 Å². The van der Waals surface area contributed by atoms with Gasteiger partial charge in [-0.2, -0.15) is 0 Å². The van der Waals surface area contributed by atoms with E-state index in [1.165, 1.54) is 18.3 Å². The third kappa shape index (κ3) is 4.26. The van der Waals surface area contributed by atoms with Gasteiger partial charge in [0.2, 0.25) is 5.91 Å². The molecule has 3 amide bonds. The van der Waals surface area contributed by atoms with E-state index in [1.54, 1.807) is 48.5 Å². The van der Waals surface area contributed by atoms with Crippen molar-refractivity contribution in [1.82, 2.24) is 0 Å². The summed E-state index contributed by atoms with van der Waals surface area (Å²) in [6.45, 7) is 3.78. The number of amides is 3. The highest BCUT2D eigenvalue weighted by Gasteiger charge is 2.40. The Kier molecular flexibility index (Phi) is 6.04. The second-order valence-corrected chi connectivity index (χ2v) is 7.93. The largest absolute Gasteiger partial charge is 0.494 e. The summed E-state index contributed by atoms with van der Waals surface area (Å²) in [5.41, 5.74) is 2.22. The normalized spacial score (nSPS) is 13.5. The van der Waals surface area contributed by atoms with E-state index in [2.05, 4.69) is 10.6 Å². The van der Waals surface area contributed by atoms with Gasteiger partial charge in [0.1, 0.15) is 11.4 Å². The fourth-order valence-electron chi connectivity index (χ4n) is 3.39. The average molecular weight is 448 g/mol. The molecule has 162 valence electrons. The van der Waals surface area contributed by atoms with Crippen LogP contribution in [-0.2, 0) is 14.4 Å². The van der Waals surface area contributed by atoms with E-state index < -0.39 is 11.8 Å². The number of nitrogens with one attached hydrogen (secondary N) is 2. The molecule has 32 heavy (non-hydrogen) atoms. The number of thiophene rings is 1. The summed E-state index contributed by atoms with van der Waals surface area (Å²) in [6, 6.07) is 17.5. The molecule has 1 aliphatic rings. The van der Waals surface area contributed by atoms with Crippen LogP contribution in [-0.4, -0.2) is 24.3 Å². The predicted octanol–water partition coefficient (Wildman–Crippen LogP) is 4.50. The van der Waals surface area contributed by atoms with Crippen LogP contribution in [0.3, 0.4) is 0 Å². The monoisotopic (exact) mass is 447 g/mol. The van der Waals surface area contributed by atoms with Crippen LogP contribution < -0.4 is 20.3 Å². The van der Waals surface area contributed by atoms with Crippen molar-refractivity contribution in [3.63, 3.8) is 0 Å². The lowest BCUT2D eigenvalue weighted by Crippen LogP contribution is -2.32. The summed E-state index contributed by atoms with van der Waals surface area (Å²) < 4.78 is 5.53. The fraction of sp³-hybridized carbons (Fsp3) is 0.125. The Labute approximate surface area is 189 Å². The van der Waals surface area contributed by atoms with E-state index in [-0.39, 0.29) is 11.6 Å². The SMILES string of the molecule is CCOc1cccc(N2C(=O)C(Nc3ccc(NC(C)=O)cc3)=C(c3cccs3)C2=O)c1. The van der Waals surface area contributed by atoms with E-state index >= 15 is 0 Å². The zero-order valence-electron chi connectivity index (χ0n) is 17.5. The minimum absolute atomic E-state index is 0.171. The van der Waals surface area contributed by atoms with Gasteiger partial charge in [-0.05, 0) is 54.8 Å². The fourth-order valence-corrected chi connectivity index (χ4v) is 4.16. The van der Waals surface area contributed by atoms with Crippen molar-refractivity contribution in [3.8, 4) is 5.75 Å². The molecule has 2 aromatic carbocycles. The van der Waals surface area contributed by atoms with E-state index in [0.717, 1.165) is 4.90 Å². The number of hydrogen-bond donors (Lipinski definition) is 2. The lowest BCUT2D eigenvalue weighted by Gasteiger charge is -2.16. The molecule has 0 atom stereocenters. The summed E-state index contributed by atoms with van der Waals surface area (Å²) in [7, 11) is 0. The molecule has 2 heterocycles. The van der Waals surface area contributed by atoms with Gasteiger partial charge < -0.3 is 15.4 Å². The van der Waals surface area contributed by atoms with Crippen molar-refractivity contribution in [2.45, 2.75) is 13.8 Å².